The molecule has 8 nitrogen and oxygen atoms in total. The van der Waals surface area contributed by atoms with Crippen molar-refractivity contribution in [3.05, 3.63) is 75.0 Å². The largest absolute Gasteiger partial charge is 0.507 e. The molecule has 188 valence electrons. The summed E-state index contributed by atoms with van der Waals surface area (Å²) in [5.74, 6) is -0.183. The van der Waals surface area contributed by atoms with Crippen LogP contribution >= 0.6 is 0 Å². The predicted octanol–water partition coefficient (Wildman–Crippen LogP) is 5.48. The standard InChI is InChI=1S/C27H33NO7/c1-6-13-34-21-11-10-20(18(3)15-21)14-19(4)25(30)24-22(29)16-23(35-26(24)31)17(2)9-7-8-12-28-27(32)33-5/h8,10-12,14-17,29H,6-7,9,13H2,1-5H3,(H,28,32)/b12-8+,19-14?. The molecule has 1 heterocycles. The van der Waals surface area contributed by atoms with Crippen LogP contribution in [-0.4, -0.2) is 30.7 Å². The molecule has 0 saturated carbocycles. The SMILES string of the molecule is CCCOc1ccc(C=C(C)C(=O)c2c(O)cc(C(C)CC/C=C/NC(=O)OC)oc2=O)c(C)c1. The number of alkyl carbamates (subject to hydrolysis) is 1. The van der Waals surface area contributed by atoms with Crippen molar-refractivity contribution < 1.29 is 28.6 Å². The number of hydrogen-bond donors (Lipinski definition) is 2. The average molecular weight is 484 g/mol. The highest BCUT2D eigenvalue weighted by molar-refractivity contribution is 6.12. The summed E-state index contributed by atoms with van der Waals surface area (Å²) in [7, 11) is 1.27. The fourth-order valence-corrected chi connectivity index (χ4v) is 3.32. The maximum atomic E-state index is 12.9. The smallest absolute Gasteiger partial charge is 0.410 e. The van der Waals surface area contributed by atoms with Crippen LogP contribution in [0.2, 0.25) is 0 Å². The van der Waals surface area contributed by atoms with Gasteiger partial charge in [-0.05, 0) is 68.0 Å². The van der Waals surface area contributed by atoms with Crippen molar-refractivity contribution in [2.45, 2.75) is 52.9 Å². The van der Waals surface area contributed by atoms with E-state index in [2.05, 4.69) is 10.1 Å². The monoisotopic (exact) mass is 483 g/mol. The van der Waals surface area contributed by atoms with Gasteiger partial charge in [0, 0.05) is 18.2 Å². The van der Waals surface area contributed by atoms with Gasteiger partial charge in [-0.1, -0.05) is 26.0 Å². The number of hydrogen-bond acceptors (Lipinski definition) is 7. The average Bonchev–Trinajstić information content (AvgIpc) is 2.82. The number of carbonyl (C=O) groups excluding carboxylic acids is 2. The fraction of sp³-hybridized carbons (Fsp3) is 0.370. The molecule has 1 unspecified atom stereocenters. The van der Waals surface area contributed by atoms with Crippen molar-refractivity contribution in [2.75, 3.05) is 13.7 Å². The lowest BCUT2D eigenvalue weighted by molar-refractivity contribution is 0.102. The molecule has 0 aliphatic heterocycles. The van der Waals surface area contributed by atoms with Gasteiger partial charge in [0.05, 0.1) is 13.7 Å². The number of carbonyl (C=O) groups is 2. The maximum absolute atomic E-state index is 12.9. The number of nitrogens with one attached hydrogen (secondary N) is 1. The third-order valence-electron chi connectivity index (χ3n) is 5.38. The van der Waals surface area contributed by atoms with Crippen LogP contribution in [0.3, 0.4) is 0 Å². The van der Waals surface area contributed by atoms with E-state index in [-0.39, 0.29) is 11.7 Å². The van der Waals surface area contributed by atoms with Gasteiger partial charge in [0.25, 0.3) is 0 Å². The van der Waals surface area contributed by atoms with E-state index in [1.165, 1.54) is 19.4 Å². The van der Waals surface area contributed by atoms with Crippen LogP contribution in [0.25, 0.3) is 6.08 Å². The number of allylic oxidation sites excluding steroid dienone is 2. The Balaban J connectivity index is 2.14. The van der Waals surface area contributed by atoms with E-state index in [1.54, 1.807) is 19.1 Å². The third-order valence-corrected chi connectivity index (χ3v) is 5.38. The second kappa shape index (κ2) is 13.2. The van der Waals surface area contributed by atoms with Crippen molar-refractivity contribution >= 4 is 18.0 Å². The minimum atomic E-state index is -0.882. The molecule has 0 fully saturated rings. The lowest BCUT2D eigenvalue weighted by atomic mass is 9.98. The quantitative estimate of drug-likeness (QED) is 0.321. The minimum absolute atomic E-state index is 0.201. The molecule has 2 aromatic rings. The van der Waals surface area contributed by atoms with E-state index in [1.807, 2.05) is 39.0 Å². The predicted molar refractivity (Wildman–Crippen MR) is 134 cm³/mol. The molecule has 2 rings (SSSR count). The molecular formula is C27H33NO7. The normalized spacial score (nSPS) is 12.4. The Bertz CT molecular complexity index is 1160. The van der Waals surface area contributed by atoms with Crippen molar-refractivity contribution in [2.24, 2.45) is 0 Å². The Kier molecular flexibility index (Phi) is 10.3. The number of Topliss-reactive ketones (excluding diaryl/α,β-unsaturated/α-hetero) is 1. The minimum Gasteiger partial charge on any atom is -0.507 e. The van der Waals surface area contributed by atoms with E-state index in [4.69, 9.17) is 9.15 Å². The summed E-state index contributed by atoms with van der Waals surface area (Å²) in [6, 6.07) is 6.88. The second-order valence-corrected chi connectivity index (χ2v) is 8.24. The number of amides is 1. The van der Waals surface area contributed by atoms with Gasteiger partial charge in [-0.15, -0.1) is 0 Å². The third kappa shape index (κ3) is 7.88. The zero-order valence-corrected chi connectivity index (χ0v) is 20.8. The first kappa shape index (κ1) is 27.4. The van der Waals surface area contributed by atoms with Crippen LogP contribution in [0.15, 0.2) is 51.3 Å². The molecule has 0 aliphatic rings. The molecule has 0 saturated heterocycles. The summed E-state index contributed by atoms with van der Waals surface area (Å²) in [5.41, 5.74) is 0.748. The summed E-state index contributed by atoms with van der Waals surface area (Å²) in [4.78, 5) is 36.6. The van der Waals surface area contributed by atoms with Gasteiger partial charge in [-0.25, -0.2) is 9.59 Å². The second-order valence-electron chi connectivity index (χ2n) is 8.24. The number of rotatable bonds is 11. The van der Waals surface area contributed by atoms with Crippen LogP contribution < -0.4 is 15.7 Å². The molecule has 1 aromatic carbocycles. The molecule has 35 heavy (non-hydrogen) atoms. The molecular weight excluding hydrogens is 450 g/mol. The highest BCUT2D eigenvalue weighted by atomic mass is 16.5. The van der Waals surface area contributed by atoms with Crippen molar-refractivity contribution in [1.29, 1.82) is 0 Å². The molecule has 1 aromatic heterocycles. The van der Waals surface area contributed by atoms with Gasteiger partial charge in [0.1, 0.15) is 22.8 Å². The van der Waals surface area contributed by atoms with E-state index in [0.29, 0.717) is 25.0 Å². The molecule has 0 aliphatic carbocycles. The Morgan fingerprint density at radius 1 is 1.26 bits per heavy atom. The van der Waals surface area contributed by atoms with E-state index >= 15 is 0 Å². The van der Waals surface area contributed by atoms with Gasteiger partial charge >= 0.3 is 11.7 Å². The summed E-state index contributed by atoms with van der Waals surface area (Å²) < 4.78 is 15.5. The van der Waals surface area contributed by atoms with E-state index in [9.17, 15) is 19.5 Å². The molecule has 8 heteroatoms. The van der Waals surface area contributed by atoms with E-state index in [0.717, 1.165) is 23.3 Å². The van der Waals surface area contributed by atoms with Gasteiger partial charge in [0.15, 0.2) is 5.78 Å². The Hall–Kier alpha value is -3.81. The summed E-state index contributed by atoms with van der Waals surface area (Å²) in [5, 5.41) is 12.9. The van der Waals surface area contributed by atoms with Gasteiger partial charge in [-0.3, -0.25) is 10.1 Å². The topological polar surface area (TPSA) is 115 Å². The highest BCUT2D eigenvalue weighted by Gasteiger charge is 2.22. The van der Waals surface area contributed by atoms with Crippen molar-refractivity contribution in [1.82, 2.24) is 5.32 Å². The summed E-state index contributed by atoms with van der Waals surface area (Å²) >= 11 is 0. The Morgan fingerprint density at radius 3 is 2.63 bits per heavy atom. The zero-order chi connectivity index (χ0) is 26.0. The lowest BCUT2D eigenvalue weighted by Gasteiger charge is -2.11. The number of methoxy groups -OCH3 is 1. The van der Waals surface area contributed by atoms with Crippen LogP contribution in [0, 0.1) is 6.92 Å². The van der Waals surface area contributed by atoms with E-state index < -0.39 is 28.8 Å². The first-order valence-electron chi connectivity index (χ1n) is 11.5. The van der Waals surface area contributed by atoms with Gasteiger partial charge in [0.2, 0.25) is 0 Å². The lowest BCUT2D eigenvalue weighted by Crippen LogP contribution is -2.17. The molecule has 1 amide bonds. The number of ether oxygens (including phenoxy) is 2. The van der Waals surface area contributed by atoms with Crippen LogP contribution in [0.4, 0.5) is 4.79 Å². The number of aromatic hydroxyl groups is 1. The summed E-state index contributed by atoms with van der Waals surface area (Å²) in [6.07, 6.45) is 6.39. The Morgan fingerprint density at radius 2 is 2.00 bits per heavy atom. The number of benzene rings is 1. The number of aryl methyl sites for hydroxylation is 1. The molecule has 0 bridgehead atoms. The molecule has 0 radical (unpaired) electrons. The van der Waals surface area contributed by atoms with Gasteiger partial charge in [-0.2, -0.15) is 0 Å². The van der Waals surface area contributed by atoms with Crippen molar-refractivity contribution in [3.8, 4) is 11.5 Å². The first-order chi connectivity index (χ1) is 16.7. The van der Waals surface area contributed by atoms with Crippen LogP contribution in [0.1, 0.15) is 73.2 Å². The summed E-state index contributed by atoms with van der Waals surface area (Å²) in [6.45, 7) is 7.99. The Labute approximate surface area is 205 Å². The van der Waals surface area contributed by atoms with Gasteiger partial charge < -0.3 is 19.0 Å². The zero-order valence-electron chi connectivity index (χ0n) is 20.8. The van der Waals surface area contributed by atoms with Crippen LogP contribution in [0.5, 0.6) is 11.5 Å². The fourth-order valence-electron chi connectivity index (χ4n) is 3.32. The highest BCUT2D eigenvalue weighted by Crippen LogP contribution is 2.27. The van der Waals surface area contributed by atoms with Crippen LogP contribution in [-0.2, 0) is 4.74 Å². The molecule has 1 atom stereocenters. The number of ketones is 1. The molecule has 0 spiro atoms. The first-order valence-corrected chi connectivity index (χ1v) is 11.5. The van der Waals surface area contributed by atoms with Crippen molar-refractivity contribution in [3.63, 3.8) is 0 Å². The molecule has 2 N–H and O–H groups in total. The maximum Gasteiger partial charge on any atom is 0.410 e.